The molecule has 0 spiro atoms. The van der Waals surface area contributed by atoms with Gasteiger partial charge in [-0.2, -0.15) is 5.10 Å². The number of nitrogens with two attached hydrogens (primary N) is 1. The van der Waals surface area contributed by atoms with E-state index in [1.807, 2.05) is 0 Å². The number of aliphatic hydroxyl groups is 1. The van der Waals surface area contributed by atoms with Gasteiger partial charge in [-0.3, -0.25) is 5.10 Å². The minimum absolute atomic E-state index is 0.355. The Hall–Kier alpha value is -1.72. The molecule has 1 unspecified atom stereocenters. The zero-order valence-electron chi connectivity index (χ0n) is 9.85. The summed E-state index contributed by atoms with van der Waals surface area (Å²) in [6.45, 7) is 0. The number of nitrogens with zero attached hydrogens (tertiary/aromatic N) is 1. The van der Waals surface area contributed by atoms with Gasteiger partial charge in [-0.05, 0) is 23.8 Å². The van der Waals surface area contributed by atoms with E-state index in [1.165, 1.54) is 6.20 Å². The number of nitrogens with one attached hydrogen (secondary N) is 1. The minimum atomic E-state index is -0.754. The van der Waals surface area contributed by atoms with E-state index in [4.69, 9.17) is 22.1 Å². The van der Waals surface area contributed by atoms with Crippen LogP contribution in [0.15, 0.2) is 24.4 Å². The molecule has 0 aliphatic carbocycles. The highest BCUT2D eigenvalue weighted by atomic mass is 35.5. The van der Waals surface area contributed by atoms with Crippen LogP contribution >= 0.6 is 11.6 Å². The number of halogens is 1. The number of benzene rings is 1. The van der Waals surface area contributed by atoms with Gasteiger partial charge < -0.3 is 15.6 Å². The molecule has 1 aromatic heterocycles. The van der Waals surface area contributed by atoms with Crippen molar-refractivity contribution in [1.29, 1.82) is 0 Å². The fourth-order valence-electron chi connectivity index (χ4n) is 1.80. The monoisotopic (exact) mass is 267 g/mol. The molecule has 1 aromatic carbocycles. The van der Waals surface area contributed by atoms with Gasteiger partial charge in [0.2, 0.25) is 0 Å². The van der Waals surface area contributed by atoms with Gasteiger partial charge in [0.15, 0.2) is 0 Å². The number of anilines is 1. The summed E-state index contributed by atoms with van der Waals surface area (Å²) < 4.78 is 5.22. The molecular weight excluding hydrogens is 254 g/mol. The van der Waals surface area contributed by atoms with Crippen LogP contribution in [-0.2, 0) is 6.42 Å². The second-order valence-electron chi connectivity index (χ2n) is 3.92. The average molecular weight is 268 g/mol. The second kappa shape index (κ2) is 5.29. The number of aromatic nitrogens is 2. The van der Waals surface area contributed by atoms with Crippen LogP contribution in [0.4, 0.5) is 5.82 Å². The SMILES string of the molecule is COc1ccc(Cl)cc1CC(O)c1cn[nH]c1N. The topological polar surface area (TPSA) is 84.2 Å². The maximum atomic E-state index is 10.1. The van der Waals surface area contributed by atoms with E-state index in [9.17, 15) is 5.11 Å². The Kier molecular flexibility index (Phi) is 3.74. The Morgan fingerprint density at radius 2 is 2.33 bits per heavy atom. The van der Waals surface area contributed by atoms with E-state index in [0.29, 0.717) is 28.6 Å². The molecule has 1 atom stereocenters. The third-order valence-corrected chi connectivity index (χ3v) is 2.95. The van der Waals surface area contributed by atoms with Crippen LogP contribution < -0.4 is 10.5 Å². The Balaban J connectivity index is 2.23. The number of H-pyrrole nitrogens is 1. The molecule has 6 heteroatoms. The summed E-state index contributed by atoms with van der Waals surface area (Å²) in [5, 5.41) is 17.1. The maximum absolute atomic E-state index is 10.1. The molecule has 4 N–H and O–H groups in total. The average Bonchev–Trinajstić information content (AvgIpc) is 2.76. The normalized spacial score (nSPS) is 12.4. The van der Waals surface area contributed by atoms with E-state index in [0.717, 1.165) is 5.56 Å². The zero-order chi connectivity index (χ0) is 13.1. The van der Waals surface area contributed by atoms with Gasteiger partial charge in [-0.15, -0.1) is 0 Å². The van der Waals surface area contributed by atoms with Crippen LogP contribution in [-0.4, -0.2) is 22.4 Å². The summed E-state index contributed by atoms with van der Waals surface area (Å²) >= 11 is 5.93. The largest absolute Gasteiger partial charge is 0.496 e. The third kappa shape index (κ3) is 2.57. The number of rotatable bonds is 4. The van der Waals surface area contributed by atoms with E-state index < -0.39 is 6.10 Å². The van der Waals surface area contributed by atoms with Crippen molar-refractivity contribution in [3.63, 3.8) is 0 Å². The molecule has 1 heterocycles. The van der Waals surface area contributed by atoms with Crippen molar-refractivity contribution in [2.24, 2.45) is 0 Å². The number of aliphatic hydroxyl groups excluding tert-OH is 1. The first-order valence-electron chi connectivity index (χ1n) is 5.41. The number of methoxy groups -OCH3 is 1. The number of aromatic amines is 1. The Morgan fingerprint density at radius 1 is 1.56 bits per heavy atom. The fourth-order valence-corrected chi connectivity index (χ4v) is 1.99. The molecule has 2 rings (SSSR count). The molecule has 96 valence electrons. The molecule has 0 amide bonds. The maximum Gasteiger partial charge on any atom is 0.124 e. The van der Waals surface area contributed by atoms with Crippen molar-refractivity contribution in [2.45, 2.75) is 12.5 Å². The van der Waals surface area contributed by atoms with Gasteiger partial charge in [0.05, 0.1) is 19.4 Å². The molecule has 18 heavy (non-hydrogen) atoms. The third-order valence-electron chi connectivity index (χ3n) is 2.71. The Labute approximate surface area is 110 Å². The van der Waals surface area contributed by atoms with Gasteiger partial charge in [0.1, 0.15) is 11.6 Å². The summed E-state index contributed by atoms with van der Waals surface area (Å²) in [5.74, 6) is 1.05. The first-order chi connectivity index (χ1) is 8.61. The second-order valence-corrected chi connectivity index (χ2v) is 4.35. The van der Waals surface area contributed by atoms with E-state index >= 15 is 0 Å². The van der Waals surface area contributed by atoms with Gasteiger partial charge >= 0.3 is 0 Å². The Bertz CT molecular complexity index is 542. The molecule has 0 radical (unpaired) electrons. The van der Waals surface area contributed by atoms with Crippen LogP contribution in [0.3, 0.4) is 0 Å². The van der Waals surface area contributed by atoms with Gasteiger partial charge in [-0.1, -0.05) is 11.6 Å². The van der Waals surface area contributed by atoms with E-state index in [-0.39, 0.29) is 0 Å². The van der Waals surface area contributed by atoms with Crippen molar-refractivity contribution >= 4 is 17.4 Å². The van der Waals surface area contributed by atoms with Crippen LogP contribution in [0.2, 0.25) is 5.02 Å². The lowest BCUT2D eigenvalue weighted by molar-refractivity contribution is 0.178. The van der Waals surface area contributed by atoms with Crippen molar-refractivity contribution < 1.29 is 9.84 Å². The minimum Gasteiger partial charge on any atom is -0.496 e. The molecule has 0 aliphatic rings. The fraction of sp³-hybridized carbons (Fsp3) is 0.250. The highest BCUT2D eigenvalue weighted by molar-refractivity contribution is 6.30. The molecular formula is C12H14ClN3O2. The number of hydrogen-bond acceptors (Lipinski definition) is 4. The zero-order valence-corrected chi connectivity index (χ0v) is 10.6. The summed E-state index contributed by atoms with van der Waals surface area (Å²) in [6, 6.07) is 5.27. The van der Waals surface area contributed by atoms with Crippen molar-refractivity contribution in [2.75, 3.05) is 12.8 Å². The summed E-state index contributed by atoms with van der Waals surface area (Å²) in [6.07, 6.45) is 1.11. The highest BCUT2D eigenvalue weighted by Gasteiger charge is 2.16. The van der Waals surface area contributed by atoms with Crippen LogP contribution in [0.1, 0.15) is 17.2 Å². The highest BCUT2D eigenvalue weighted by Crippen LogP contribution is 2.28. The Morgan fingerprint density at radius 3 is 2.94 bits per heavy atom. The van der Waals surface area contributed by atoms with Crippen LogP contribution in [0.5, 0.6) is 5.75 Å². The lowest BCUT2D eigenvalue weighted by atomic mass is 10.0. The quantitative estimate of drug-likeness (QED) is 0.790. The molecule has 0 aliphatic heterocycles. The van der Waals surface area contributed by atoms with Crippen LogP contribution in [0.25, 0.3) is 0 Å². The van der Waals surface area contributed by atoms with E-state index in [1.54, 1.807) is 25.3 Å². The first-order valence-corrected chi connectivity index (χ1v) is 5.79. The smallest absolute Gasteiger partial charge is 0.124 e. The number of ether oxygens (including phenoxy) is 1. The van der Waals surface area contributed by atoms with Crippen molar-refractivity contribution in [3.8, 4) is 5.75 Å². The lowest BCUT2D eigenvalue weighted by Gasteiger charge is -2.13. The summed E-state index contributed by atoms with van der Waals surface area (Å²) in [5.41, 5.74) is 7.04. The van der Waals surface area contributed by atoms with E-state index in [2.05, 4.69) is 10.2 Å². The summed E-state index contributed by atoms with van der Waals surface area (Å²) in [7, 11) is 1.57. The van der Waals surface area contributed by atoms with Gasteiger partial charge in [0, 0.05) is 17.0 Å². The lowest BCUT2D eigenvalue weighted by Crippen LogP contribution is -2.05. The predicted molar refractivity (Wildman–Crippen MR) is 69.7 cm³/mol. The van der Waals surface area contributed by atoms with Crippen LogP contribution in [0, 0.1) is 0 Å². The number of nitrogen functional groups attached to an aromatic ring is 1. The molecule has 0 bridgehead atoms. The molecule has 2 aromatic rings. The molecule has 0 saturated heterocycles. The van der Waals surface area contributed by atoms with Gasteiger partial charge in [-0.25, -0.2) is 0 Å². The number of hydrogen-bond donors (Lipinski definition) is 3. The standard InChI is InChI=1S/C12H14ClN3O2/c1-18-11-3-2-8(13)4-7(11)5-10(17)9-6-15-16-12(9)14/h2-4,6,10,17H,5H2,1H3,(H3,14,15,16). The molecule has 0 fully saturated rings. The van der Waals surface area contributed by atoms with Crippen molar-refractivity contribution in [1.82, 2.24) is 10.2 Å². The summed E-state index contributed by atoms with van der Waals surface area (Å²) in [4.78, 5) is 0. The molecule has 5 nitrogen and oxygen atoms in total. The molecule has 0 saturated carbocycles. The van der Waals surface area contributed by atoms with Crippen molar-refractivity contribution in [3.05, 3.63) is 40.5 Å². The van der Waals surface area contributed by atoms with Gasteiger partial charge in [0.25, 0.3) is 0 Å². The predicted octanol–water partition coefficient (Wildman–Crippen LogP) is 1.93. The first kappa shape index (κ1) is 12.7.